The van der Waals surface area contributed by atoms with Gasteiger partial charge in [0.05, 0.1) is 6.42 Å². The molecule has 1 amide bonds. The maximum absolute atomic E-state index is 11.5. The van der Waals surface area contributed by atoms with Gasteiger partial charge in [-0.2, -0.15) is 0 Å². The predicted octanol–water partition coefficient (Wildman–Crippen LogP) is 0.367. The maximum atomic E-state index is 11.5. The van der Waals surface area contributed by atoms with Gasteiger partial charge in [0.1, 0.15) is 0 Å². The molecule has 17 heavy (non-hydrogen) atoms. The zero-order valence-corrected chi connectivity index (χ0v) is 9.47. The van der Waals surface area contributed by atoms with Gasteiger partial charge in [0.25, 0.3) is 0 Å². The molecule has 1 aromatic carbocycles. The van der Waals surface area contributed by atoms with Crippen molar-refractivity contribution in [2.75, 3.05) is 0 Å². The van der Waals surface area contributed by atoms with Crippen molar-refractivity contribution in [3.05, 3.63) is 41.2 Å². The fraction of sp³-hybridized carbons (Fsp3) is 0.273. The molecule has 1 heterocycles. The minimum atomic E-state index is -0.106. The predicted molar refractivity (Wildman–Crippen MR) is 60.9 cm³/mol. The van der Waals surface area contributed by atoms with Crippen molar-refractivity contribution in [1.29, 1.82) is 0 Å². The van der Waals surface area contributed by atoms with Crippen LogP contribution in [0, 0.1) is 6.92 Å². The first-order chi connectivity index (χ1) is 8.24. The largest absolute Gasteiger partial charge is 0.352 e. The Morgan fingerprint density at radius 2 is 2.35 bits per heavy atom. The highest BCUT2D eigenvalue weighted by atomic mass is 16.1. The highest BCUT2D eigenvalue weighted by molar-refractivity contribution is 5.77. The molecule has 0 radical (unpaired) electrons. The number of nitrogens with one attached hydrogen (secondary N) is 2. The van der Waals surface area contributed by atoms with E-state index in [0.717, 1.165) is 5.56 Å². The lowest BCUT2D eigenvalue weighted by molar-refractivity contribution is -0.120. The molecule has 88 valence electrons. The van der Waals surface area contributed by atoms with Crippen molar-refractivity contribution in [2.45, 2.75) is 19.9 Å². The lowest BCUT2D eigenvalue weighted by Crippen LogP contribution is -2.25. The van der Waals surface area contributed by atoms with Gasteiger partial charge in [0.15, 0.2) is 5.82 Å². The monoisotopic (exact) mass is 231 g/mol. The van der Waals surface area contributed by atoms with Crippen LogP contribution in [0.15, 0.2) is 24.3 Å². The van der Waals surface area contributed by atoms with Crippen LogP contribution in [0.5, 0.6) is 0 Å². The number of carbonyl (C=O) groups is 1. The molecule has 2 N–H and O–H groups in total. The average Bonchev–Trinajstić information content (AvgIpc) is 2.79. The molecular weight excluding hydrogens is 218 g/mol. The molecule has 0 unspecified atom stereocenters. The number of rotatable bonds is 4. The third-order valence-electron chi connectivity index (χ3n) is 2.29. The molecule has 0 fully saturated rings. The molecule has 2 rings (SSSR count). The van der Waals surface area contributed by atoms with Crippen LogP contribution in [0.2, 0.25) is 0 Å². The summed E-state index contributed by atoms with van der Waals surface area (Å²) in [5.74, 6) is 0.358. The Morgan fingerprint density at radius 1 is 1.47 bits per heavy atom. The van der Waals surface area contributed by atoms with Gasteiger partial charge in [-0.15, -0.1) is 5.10 Å². The van der Waals surface area contributed by atoms with Crippen molar-refractivity contribution < 1.29 is 4.79 Å². The number of nitrogens with zero attached hydrogens (tertiary/aromatic N) is 3. The van der Waals surface area contributed by atoms with Gasteiger partial charge < -0.3 is 5.32 Å². The first-order valence-corrected chi connectivity index (χ1v) is 5.29. The second-order valence-electron chi connectivity index (χ2n) is 3.79. The van der Waals surface area contributed by atoms with E-state index < -0.39 is 0 Å². The standard InChI is InChI=1S/C11H13N5O/c1-8-3-2-4-9(5-8)7-12-11(17)6-10-13-15-16-14-10/h2-5H,6-7H2,1H3,(H,12,17)(H,13,14,15,16). The molecule has 0 atom stereocenters. The quantitative estimate of drug-likeness (QED) is 0.796. The molecule has 0 saturated heterocycles. The summed E-state index contributed by atoms with van der Waals surface area (Å²) in [5, 5.41) is 15.8. The van der Waals surface area contributed by atoms with Crippen LogP contribution < -0.4 is 5.32 Å². The highest BCUT2D eigenvalue weighted by Gasteiger charge is 2.05. The maximum Gasteiger partial charge on any atom is 0.227 e. The number of hydrogen-bond acceptors (Lipinski definition) is 4. The molecule has 0 aliphatic heterocycles. The van der Waals surface area contributed by atoms with Crippen LogP contribution in [0.4, 0.5) is 0 Å². The number of aryl methyl sites for hydroxylation is 1. The smallest absolute Gasteiger partial charge is 0.227 e. The molecule has 1 aromatic heterocycles. The van der Waals surface area contributed by atoms with E-state index in [1.54, 1.807) is 0 Å². The van der Waals surface area contributed by atoms with Crippen molar-refractivity contribution in [3.63, 3.8) is 0 Å². The molecule has 0 aliphatic rings. The van der Waals surface area contributed by atoms with Gasteiger partial charge in [0, 0.05) is 6.54 Å². The van der Waals surface area contributed by atoms with Crippen molar-refractivity contribution in [2.24, 2.45) is 0 Å². The average molecular weight is 231 g/mol. The third-order valence-corrected chi connectivity index (χ3v) is 2.29. The fourth-order valence-electron chi connectivity index (χ4n) is 1.49. The van der Waals surface area contributed by atoms with Gasteiger partial charge >= 0.3 is 0 Å². The first kappa shape index (κ1) is 11.3. The van der Waals surface area contributed by atoms with Crippen molar-refractivity contribution in [1.82, 2.24) is 25.9 Å². The summed E-state index contributed by atoms with van der Waals surface area (Å²) in [6.07, 6.45) is 0.165. The third kappa shape index (κ3) is 3.37. The number of tetrazole rings is 1. The van der Waals surface area contributed by atoms with E-state index in [-0.39, 0.29) is 12.3 Å². The number of benzene rings is 1. The normalized spacial score (nSPS) is 10.2. The van der Waals surface area contributed by atoms with E-state index in [4.69, 9.17) is 0 Å². The van der Waals surface area contributed by atoms with E-state index in [9.17, 15) is 4.79 Å². The number of amides is 1. The van der Waals surface area contributed by atoms with Gasteiger partial charge in [-0.05, 0) is 22.9 Å². The van der Waals surface area contributed by atoms with Crippen LogP contribution in [-0.2, 0) is 17.8 Å². The number of H-pyrrole nitrogens is 1. The van der Waals surface area contributed by atoms with E-state index in [2.05, 4.69) is 25.9 Å². The van der Waals surface area contributed by atoms with E-state index in [1.165, 1.54) is 5.56 Å². The Labute approximate surface area is 98.4 Å². The van der Waals surface area contributed by atoms with Crippen LogP contribution in [0.1, 0.15) is 17.0 Å². The zero-order chi connectivity index (χ0) is 12.1. The molecule has 0 bridgehead atoms. The van der Waals surface area contributed by atoms with Gasteiger partial charge in [0.2, 0.25) is 5.91 Å². The second kappa shape index (κ2) is 5.20. The van der Waals surface area contributed by atoms with Crippen molar-refractivity contribution >= 4 is 5.91 Å². The summed E-state index contributed by atoms with van der Waals surface area (Å²) < 4.78 is 0. The molecule has 6 nitrogen and oxygen atoms in total. The van der Waals surface area contributed by atoms with Crippen LogP contribution in [0.3, 0.4) is 0 Å². The minimum absolute atomic E-state index is 0.106. The Bertz CT molecular complexity index is 494. The summed E-state index contributed by atoms with van der Waals surface area (Å²) >= 11 is 0. The summed E-state index contributed by atoms with van der Waals surface area (Å²) in [5.41, 5.74) is 2.25. The molecule has 0 aliphatic carbocycles. The molecule has 2 aromatic rings. The topological polar surface area (TPSA) is 83.6 Å². The molecule has 0 saturated carbocycles. The molecule has 0 spiro atoms. The lowest BCUT2D eigenvalue weighted by Gasteiger charge is -2.04. The minimum Gasteiger partial charge on any atom is -0.352 e. The Balaban J connectivity index is 1.84. The fourth-order valence-corrected chi connectivity index (χ4v) is 1.49. The molecular formula is C11H13N5O. The SMILES string of the molecule is Cc1cccc(CNC(=O)Cc2nnn[nH]2)c1. The summed E-state index contributed by atoms with van der Waals surface area (Å²) in [4.78, 5) is 11.5. The van der Waals surface area contributed by atoms with E-state index in [1.807, 2.05) is 31.2 Å². The zero-order valence-electron chi connectivity index (χ0n) is 9.47. The van der Waals surface area contributed by atoms with Crippen LogP contribution >= 0.6 is 0 Å². The Kier molecular flexibility index (Phi) is 3.44. The number of aromatic amines is 1. The van der Waals surface area contributed by atoms with E-state index in [0.29, 0.717) is 12.4 Å². The Hall–Kier alpha value is -2.24. The van der Waals surface area contributed by atoms with Crippen LogP contribution in [0.25, 0.3) is 0 Å². The summed E-state index contributed by atoms with van der Waals surface area (Å²) in [7, 11) is 0. The number of hydrogen-bond donors (Lipinski definition) is 2. The van der Waals surface area contributed by atoms with Crippen LogP contribution in [-0.4, -0.2) is 26.5 Å². The summed E-state index contributed by atoms with van der Waals surface area (Å²) in [6, 6.07) is 8.00. The molecule has 6 heteroatoms. The number of carbonyl (C=O) groups excluding carboxylic acids is 1. The summed E-state index contributed by atoms with van der Waals surface area (Å²) in [6.45, 7) is 2.54. The Morgan fingerprint density at radius 3 is 3.06 bits per heavy atom. The van der Waals surface area contributed by atoms with Crippen molar-refractivity contribution in [3.8, 4) is 0 Å². The van der Waals surface area contributed by atoms with Gasteiger partial charge in [-0.25, -0.2) is 5.10 Å². The second-order valence-corrected chi connectivity index (χ2v) is 3.79. The number of aromatic nitrogens is 4. The lowest BCUT2D eigenvalue weighted by atomic mass is 10.1. The highest BCUT2D eigenvalue weighted by Crippen LogP contribution is 2.03. The van der Waals surface area contributed by atoms with E-state index >= 15 is 0 Å². The van der Waals surface area contributed by atoms with Gasteiger partial charge in [-0.1, -0.05) is 29.8 Å². The first-order valence-electron chi connectivity index (χ1n) is 5.29. The van der Waals surface area contributed by atoms with Gasteiger partial charge in [-0.3, -0.25) is 4.79 Å².